The summed E-state index contributed by atoms with van der Waals surface area (Å²) in [4.78, 5) is 27.2. The highest BCUT2D eigenvalue weighted by Crippen LogP contribution is 2.52. The van der Waals surface area contributed by atoms with Gasteiger partial charge in [-0.05, 0) is 12.0 Å². The maximum Gasteiger partial charge on any atom is 0.312 e. The average molecular weight is 327 g/mol. The standard InChI is InChI=1S/C19H21NO4/c1-2-10-23-18(22)15-14-8-9-19(24-14)12-20(17(21)16(15)19)11-13-6-4-3-5-7-13/h3-9,14-16H,2,10-12H2,1H3/t14-,15+,16-,19+/m0/s1. The van der Waals surface area contributed by atoms with Crippen molar-refractivity contribution < 1.29 is 19.1 Å². The quantitative estimate of drug-likeness (QED) is 0.612. The van der Waals surface area contributed by atoms with Crippen molar-refractivity contribution in [2.24, 2.45) is 11.8 Å². The molecule has 0 aromatic heterocycles. The molecule has 4 rings (SSSR count). The van der Waals surface area contributed by atoms with Gasteiger partial charge in [-0.15, -0.1) is 0 Å². The Labute approximate surface area is 141 Å². The lowest BCUT2D eigenvalue weighted by atomic mass is 9.77. The molecule has 1 amide bonds. The number of hydrogen-bond acceptors (Lipinski definition) is 4. The van der Waals surface area contributed by atoms with Crippen LogP contribution in [0.3, 0.4) is 0 Å². The summed E-state index contributed by atoms with van der Waals surface area (Å²) in [5, 5.41) is 0. The van der Waals surface area contributed by atoms with Gasteiger partial charge in [0, 0.05) is 6.54 Å². The van der Waals surface area contributed by atoms with Gasteiger partial charge in [0.25, 0.3) is 0 Å². The normalized spacial score (nSPS) is 33.1. The zero-order chi connectivity index (χ0) is 16.7. The number of fused-ring (bicyclic) bond motifs is 1. The summed E-state index contributed by atoms with van der Waals surface area (Å²) in [5.41, 5.74) is 0.415. The van der Waals surface area contributed by atoms with Crippen molar-refractivity contribution in [3.8, 4) is 0 Å². The van der Waals surface area contributed by atoms with Crippen molar-refractivity contribution in [1.82, 2.24) is 4.90 Å². The highest BCUT2D eigenvalue weighted by atomic mass is 16.6. The Bertz CT molecular complexity index is 686. The van der Waals surface area contributed by atoms with Crippen LogP contribution in [0.4, 0.5) is 0 Å². The lowest BCUT2D eigenvalue weighted by Crippen LogP contribution is -2.40. The van der Waals surface area contributed by atoms with E-state index >= 15 is 0 Å². The number of hydrogen-bond donors (Lipinski definition) is 0. The number of rotatable bonds is 5. The Balaban J connectivity index is 1.56. The highest BCUT2D eigenvalue weighted by Gasteiger charge is 2.67. The first-order valence-electron chi connectivity index (χ1n) is 8.51. The van der Waals surface area contributed by atoms with Crippen LogP contribution in [0.5, 0.6) is 0 Å². The van der Waals surface area contributed by atoms with Crippen LogP contribution < -0.4 is 0 Å². The van der Waals surface area contributed by atoms with Crippen LogP contribution in [0.1, 0.15) is 18.9 Å². The highest BCUT2D eigenvalue weighted by molar-refractivity contribution is 5.91. The topological polar surface area (TPSA) is 55.8 Å². The first kappa shape index (κ1) is 15.4. The summed E-state index contributed by atoms with van der Waals surface area (Å²) in [7, 11) is 0. The minimum Gasteiger partial charge on any atom is -0.465 e. The van der Waals surface area contributed by atoms with Gasteiger partial charge in [0.1, 0.15) is 11.5 Å². The lowest BCUT2D eigenvalue weighted by Gasteiger charge is -2.22. The third-order valence-corrected chi connectivity index (χ3v) is 5.12. The number of likely N-dealkylation sites (tertiary alicyclic amines) is 1. The maximum atomic E-state index is 13.0. The van der Waals surface area contributed by atoms with Gasteiger partial charge in [0.05, 0.1) is 25.2 Å². The van der Waals surface area contributed by atoms with Crippen LogP contribution in [-0.2, 0) is 25.6 Å². The molecular weight excluding hydrogens is 306 g/mol. The fraction of sp³-hybridized carbons (Fsp3) is 0.474. The molecule has 3 aliphatic rings. The van der Waals surface area contributed by atoms with E-state index in [2.05, 4.69) is 0 Å². The predicted octanol–water partition coefficient (Wildman–Crippen LogP) is 1.92. The Morgan fingerprint density at radius 2 is 2.17 bits per heavy atom. The van der Waals surface area contributed by atoms with E-state index in [1.54, 1.807) is 4.90 Å². The van der Waals surface area contributed by atoms with E-state index in [1.807, 2.05) is 49.4 Å². The van der Waals surface area contributed by atoms with Gasteiger partial charge in [-0.25, -0.2) is 0 Å². The van der Waals surface area contributed by atoms with Crippen LogP contribution in [-0.4, -0.2) is 41.6 Å². The molecular formula is C19H21NO4. The third-order valence-electron chi connectivity index (χ3n) is 5.12. The van der Waals surface area contributed by atoms with Crippen molar-refractivity contribution in [1.29, 1.82) is 0 Å². The van der Waals surface area contributed by atoms with Crippen LogP contribution in [0.25, 0.3) is 0 Å². The molecule has 2 bridgehead atoms. The SMILES string of the molecule is CCCOC(=O)[C@@H]1[C@@H]2C=C[C@]3(CN(Cc4ccccc4)C(=O)[C@H]13)O2. The van der Waals surface area contributed by atoms with Crippen molar-refractivity contribution in [2.45, 2.75) is 31.6 Å². The van der Waals surface area contributed by atoms with Crippen molar-refractivity contribution in [2.75, 3.05) is 13.2 Å². The molecule has 0 aliphatic carbocycles. The Morgan fingerprint density at radius 1 is 1.38 bits per heavy atom. The molecule has 126 valence electrons. The molecule has 1 aromatic carbocycles. The first-order valence-corrected chi connectivity index (χ1v) is 8.51. The Hall–Kier alpha value is -2.14. The largest absolute Gasteiger partial charge is 0.465 e. The van der Waals surface area contributed by atoms with E-state index in [0.717, 1.165) is 12.0 Å². The Kier molecular flexibility index (Phi) is 3.68. The van der Waals surface area contributed by atoms with E-state index in [0.29, 0.717) is 19.7 Å². The molecule has 0 saturated carbocycles. The fourth-order valence-corrected chi connectivity index (χ4v) is 4.08. The van der Waals surface area contributed by atoms with E-state index in [9.17, 15) is 9.59 Å². The van der Waals surface area contributed by atoms with E-state index in [4.69, 9.17) is 9.47 Å². The van der Waals surface area contributed by atoms with Crippen molar-refractivity contribution in [3.63, 3.8) is 0 Å². The maximum absolute atomic E-state index is 13.0. The van der Waals surface area contributed by atoms with Crippen LogP contribution in [0, 0.1) is 11.8 Å². The minimum atomic E-state index is -0.660. The van der Waals surface area contributed by atoms with Gasteiger partial charge in [0.15, 0.2) is 0 Å². The number of esters is 1. The molecule has 5 heteroatoms. The second-order valence-electron chi connectivity index (χ2n) is 6.75. The number of benzene rings is 1. The summed E-state index contributed by atoms with van der Waals surface area (Å²) < 4.78 is 11.4. The van der Waals surface area contributed by atoms with Gasteiger partial charge in [-0.2, -0.15) is 0 Å². The second kappa shape index (κ2) is 5.74. The van der Waals surface area contributed by atoms with Crippen LogP contribution in [0.2, 0.25) is 0 Å². The van der Waals surface area contributed by atoms with Crippen LogP contribution in [0.15, 0.2) is 42.5 Å². The number of carbonyl (C=O) groups is 2. The van der Waals surface area contributed by atoms with Crippen molar-refractivity contribution >= 4 is 11.9 Å². The van der Waals surface area contributed by atoms with Crippen molar-refractivity contribution in [3.05, 3.63) is 48.0 Å². The van der Waals surface area contributed by atoms with Crippen LogP contribution >= 0.6 is 0 Å². The summed E-state index contributed by atoms with van der Waals surface area (Å²) in [6, 6.07) is 9.88. The molecule has 0 unspecified atom stereocenters. The summed E-state index contributed by atoms with van der Waals surface area (Å²) >= 11 is 0. The van der Waals surface area contributed by atoms with E-state index in [-0.39, 0.29) is 18.0 Å². The number of nitrogens with zero attached hydrogens (tertiary/aromatic N) is 1. The second-order valence-corrected chi connectivity index (χ2v) is 6.75. The van der Waals surface area contributed by atoms with Gasteiger partial charge in [0.2, 0.25) is 5.91 Å². The lowest BCUT2D eigenvalue weighted by molar-refractivity contribution is -0.153. The molecule has 4 atom stereocenters. The molecule has 2 saturated heterocycles. The fourth-order valence-electron chi connectivity index (χ4n) is 4.08. The van der Waals surface area contributed by atoms with Gasteiger partial charge < -0.3 is 14.4 Å². The molecule has 24 heavy (non-hydrogen) atoms. The smallest absolute Gasteiger partial charge is 0.312 e. The molecule has 3 aliphatic heterocycles. The molecule has 3 heterocycles. The molecule has 0 N–H and O–H groups in total. The molecule has 1 aromatic rings. The number of amides is 1. The first-order chi connectivity index (χ1) is 11.6. The van der Waals surface area contributed by atoms with Gasteiger partial charge in [-0.1, -0.05) is 49.4 Å². The zero-order valence-electron chi connectivity index (χ0n) is 13.7. The summed E-state index contributed by atoms with van der Waals surface area (Å²) in [6.07, 6.45) is 4.31. The predicted molar refractivity (Wildman–Crippen MR) is 86.8 cm³/mol. The summed E-state index contributed by atoms with van der Waals surface area (Å²) in [5.74, 6) is -1.30. The van der Waals surface area contributed by atoms with E-state index < -0.39 is 17.4 Å². The minimum absolute atomic E-state index is 0.0100. The molecule has 2 fully saturated rings. The third kappa shape index (κ3) is 2.26. The van der Waals surface area contributed by atoms with Gasteiger partial charge in [-0.3, -0.25) is 9.59 Å². The molecule has 5 nitrogen and oxygen atoms in total. The molecule has 0 radical (unpaired) electrons. The van der Waals surface area contributed by atoms with E-state index in [1.165, 1.54) is 0 Å². The zero-order valence-corrected chi connectivity index (χ0v) is 13.7. The van der Waals surface area contributed by atoms with Gasteiger partial charge >= 0.3 is 5.97 Å². The molecule has 1 spiro atoms. The monoisotopic (exact) mass is 327 g/mol. The summed E-state index contributed by atoms with van der Waals surface area (Å²) in [6.45, 7) is 3.37. The number of ether oxygens (including phenoxy) is 2. The number of carbonyl (C=O) groups excluding carboxylic acids is 2. The Morgan fingerprint density at radius 3 is 2.92 bits per heavy atom. The average Bonchev–Trinajstić information content (AvgIpc) is 3.22.